The van der Waals surface area contributed by atoms with Crippen LogP contribution in [-0.4, -0.2) is 30.3 Å². The molecule has 0 aliphatic carbocycles. The van der Waals surface area contributed by atoms with Crippen molar-refractivity contribution in [3.05, 3.63) is 87.4 Å². The van der Waals surface area contributed by atoms with Crippen LogP contribution in [0, 0.1) is 12.7 Å². The minimum absolute atomic E-state index is 0.0566. The minimum Gasteiger partial charge on any atom is -0.304 e. The van der Waals surface area contributed by atoms with Gasteiger partial charge in [-0.3, -0.25) is 9.48 Å². The van der Waals surface area contributed by atoms with Crippen LogP contribution in [0.25, 0.3) is 16.2 Å². The summed E-state index contributed by atoms with van der Waals surface area (Å²) in [5, 5.41) is 11.9. The van der Waals surface area contributed by atoms with Crippen molar-refractivity contribution < 1.29 is 22.4 Å². The highest BCUT2D eigenvalue weighted by Gasteiger charge is 2.37. The summed E-state index contributed by atoms with van der Waals surface area (Å²) < 4.78 is 57.4. The zero-order valence-electron chi connectivity index (χ0n) is 18.3. The first kappa shape index (κ1) is 23.9. The number of alkyl halides is 3. The lowest BCUT2D eigenvalue weighted by Gasteiger charge is -2.10. The van der Waals surface area contributed by atoms with E-state index in [0.29, 0.717) is 20.6 Å². The highest BCUT2D eigenvalue weighted by molar-refractivity contribution is 7.13. The Morgan fingerprint density at radius 3 is 2.61 bits per heavy atom. The third-order valence-electron chi connectivity index (χ3n) is 5.31. The minimum atomic E-state index is -4.78. The Morgan fingerprint density at radius 2 is 1.92 bits per heavy atom. The van der Waals surface area contributed by atoms with Gasteiger partial charge in [0.2, 0.25) is 0 Å². The van der Waals surface area contributed by atoms with Crippen molar-refractivity contribution in [2.75, 3.05) is 5.32 Å². The number of hydrogen-bond donors (Lipinski definition) is 1. The third-order valence-corrected chi connectivity index (χ3v) is 6.55. The highest BCUT2D eigenvalue weighted by atomic mass is 35.5. The number of anilines is 1. The van der Waals surface area contributed by atoms with Crippen LogP contribution in [0.15, 0.2) is 53.9 Å². The van der Waals surface area contributed by atoms with Crippen molar-refractivity contribution >= 4 is 40.3 Å². The summed E-state index contributed by atoms with van der Waals surface area (Å²) in [5.74, 6) is -1.17. The Morgan fingerprint density at radius 1 is 1.14 bits per heavy atom. The zero-order chi connectivity index (χ0) is 25.6. The molecule has 0 aliphatic rings. The molecule has 13 heteroatoms. The molecule has 184 valence electrons. The molecule has 0 unspecified atom stereocenters. The van der Waals surface area contributed by atoms with Gasteiger partial charge in [0.05, 0.1) is 17.1 Å². The molecule has 5 aromatic rings. The first-order valence-electron chi connectivity index (χ1n) is 10.4. The van der Waals surface area contributed by atoms with Gasteiger partial charge in [0, 0.05) is 17.3 Å². The van der Waals surface area contributed by atoms with Crippen molar-refractivity contribution in [3.63, 3.8) is 0 Å². The average molecular weight is 535 g/mol. The molecule has 0 bridgehead atoms. The van der Waals surface area contributed by atoms with Crippen molar-refractivity contribution in [2.24, 2.45) is 0 Å². The molecule has 0 saturated heterocycles. The molecule has 0 fully saturated rings. The van der Waals surface area contributed by atoms with E-state index in [1.807, 2.05) is 0 Å². The molecule has 36 heavy (non-hydrogen) atoms. The number of nitrogens with zero attached hydrogens (tertiary/aromatic N) is 5. The van der Waals surface area contributed by atoms with Crippen molar-refractivity contribution in [1.82, 2.24) is 24.4 Å². The van der Waals surface area contributed by atoms with E-state index in [9.17, 15) is 22.4 Å². The molecule has 0 spiro atoms. The monoisotopic (exact) mass is 534 g/mol. The number of benzene rings is 1. The molecular formula is C23H15ClF4N6OS. The summed E-state index contributed by atoms with van der Waals surface area (Å²) in [6, 6.07) is 11.9. The molecule has 1 aromatic carbocycles. The van der Waals surface area contributed by atoms with E-state index in [0.717, 1.165) is 6.07 Å². The zero-order valence-corrected chi connectivity index (χ0v) is 19.9. The van der Waals surface area contributed by atoms with Crippen LogP contribution < -0.4 is 5.32 Å². The van der Waals surface area contributed by atoms with Gasteiger partial charge in [-0.2, -0.15) is 23.4 Å². The Kier molecular flexibility index (Phi) is 6.00. The summed E-state index contributed by atoms with van der Waals surface area (Å²) in [6.07, 6.45) is -4.78. The van der Waals surface area contributed by atoms with Crippen LogP contribution in [0.2, 0.25) is 5.02 Å². The van der Waals surface area contributed by atoms with E-state index in [1.165, 1.54) is 28.2 Å². The summed E-state index contributed by atoms with van der Waals surface area (Å²) in [4.78, 5) is 17.6. The molecule has 0 atom stereocenters. The number of rotatable bonds is 5. The van der Waals surface area contributed by atoms with Crippen LogP contribution in [0.5, 0.6) is 0 Å². The number of halogens is 5. The van der Waals surface area contributed by atoms with Crippen LogP contribution in [0.4, 0.5) is 23.4 Å². The van der Waals surface area contributed by atoms with E-state index in [1.54, 1.807) is 42.6 Å². The first-order chi connectivity index (χ1) is 17.1. The molecule has 5 rings (SSSR count). The van der Waals surface area contributed by atoms with Crippen LogP contribution in [0.3, 0.4) is 0 Å². The first-order valence-corrected chi connectivity index (χ1v) is 11.7. The molecule has 7 nitrogen and oxygen atoms in total. The second-order valence-corrected chi connectivity index (χ2v) is 9.10. The quantitative estimate of drug-likeness (QED) is 0.277. The fourth-order valence-corrected chi connectivity index (χ4v) is 4.52. The topological polar surface area (TPSA) is 77.1 Å². The van der Waals surface area contributed by atoms with Crippen molar-refractivity contribution in [2.45, 2.75) is 19.6 Å². The molecule has 0 saturated carbocycles. The number of carbonyl (C=O) groups is 1. The van der Waals surface area contributed by atoms with Crippen LogP contribution in [-0.2, 0) is 12.7 Å². The number of thiophene rings is 1. The highest BCUT2D eigenvalue weighted by Crippen LogP contribution is 2.35. The number of fused-ring (bicyclic) bond motifs is 1. The number of nitrogens with one attached hydrogen (secondary N) is 1. The number of amides is 1. The summed E-state index contributed by atoms with van der Waals surface area (Å²) in [7, 11) is 0. The number of carbonyl (C=O) groups excluding carboxylic acids is 1. The lowest BCUT2D eigenvalue weighted by atomic mass is 10.2. The van der Waals surface area contributed by atoms with Gasteiger partial charge in [0.1, 0.15) is 10.8 Å². The fraction of sp³-hybridized carbons (Fsp3) is 0.130. The Bertz CT molecular complexity index is 1590. The van der Waals surface area contributed by atoms with Gasteiger partial charge in [-0.15, -0.1) is 11.3 Å². The normalized spacial score (nSPS) is 11.8. The SMILES string of the molecule is Cc1cc(NC(=O)c2nn3c(C(F)(F)F)cc(-c4cccs4)nc3c2Cl)nn1Cc1ccccc1F. The molecule has 4 aromatic heterocycles. The third kappa shape index (κ3) is 4.44. The average Bonchev–Trinajstić information content (AvgIpc) is 3.54. The van der Waals surface area contributed by atoms with Crippen molar-refractivity contribution in [3.8, 4) is 10.6 Å². The van der Waals surface area contributed by atoms with Crippen LogP contribution >= 0.6 is 22.9 Å². The Labute approximate surface area is 210 Å². The fourth-order valence-electron chi connectivity index (χ4n) is 3.58. The van der Waals surface area contributed by atoms with Gasteiger partial charge >= 0.3 is 6.18 Å². The second-order valence-electron chi connectivity index (χ2n) is 7.77. The maximum Gasteiger partial charge on any atom is 0.433 e. The number of aryl methyl sites for hydroxylation is 1. The van der Waals surface area contributed by atoms with E-state index >= 15 is 0 Å². The second kappa shape index (κ2) is 9.03. The van der Waals surface area contributed by atoms with E-state index < -0.39 is 29.3 Å². The molecule has 4 heterocycles. The van der Waals surface area contributed by atoms with Gasteiger partial charge in [-0.1, -0.05) is 35.9 Å². The number of aromatic nitrogens is 5. The lowest BCUT2D eigenvalue weighted by Crippen LogP contribution is -2.16. The largest absolute Gasteiger partial charge is 0.433 e. The lowest BCUT2D eigenvalue weighted by molar-refractivity contribution is -0.142. The van der Waals surface area contributed by atoms with E-state index in [4.69, 9.17) is 11.6 Å². The smallest absolute Gasteiger partial charge is 0.304 e. The predicted octanol–water partition coefficient (Wildman–Crippen LogP) is 6.07. The summed E-state index contributed by atoms with van der Waals surface area (Å²) in [5.41, 5.74) is -0.794. The molecule has 0 aliphatic heterocycles. The van der Waals surface area contributed by atoms with Gasteiger partial charge < -0.3 is 5.32 Å². The molecule has 0 radical (unpaired) electrons. The van der Waals surface area contributed by atoms with Gasteiger partial charge in [-0.05, 0) is 30.5 Å². The summed E-state index contributed by atoms with van der Waals surface area (Å²) in [6.45, 7) is 1.83. The maximum atomic E-state index is 14.0. The predicted molar refractivity (Wildman–Crippen MR) is 127 cm³/mol. The maximum absolute atomic E-state index is 14.0. The van der Waals surface area contributed by atoms with Crippen molar-refractivity contribution in [1.29, 1.82) is 0 Å². The number of hydrogen-bond acceptors (Lipinski definition) is 5. The molecule has 1 amide bonds. The van der Waals surface area contributed by atoms with E-state index in [-0.39, 0.29) is 28.7 Å². The standard InChI is InChI=1S/C23H15ClF4N6OS/c1-12-9-18(31-33(12)11-13-5-2-3-6-14(13)25)30-22(35)20-19(24)21-29-15(16-7-4-8-36-16)10-17(23(26,27)28)34(21)32-20/h2-10H,11H2,1H3,(H,30,31,35). The van der Waals surface area contributed by atoms with E-state index in [2.05, 4.69) is 20.5 Å². The Balaban J connectivity index is 1.48. The van der Waals surface area contributed by atoms with Gasteiger partial charge in [-0.25, -0.2) is 13.9 Å². The van der Waals surface area contributed by atoms with Gasteiger partial charge in [0.15, 0.2) is 22.9 Å². The molecule has 1 N–H and O–H groups in total. The summed E-state index contributed by atoms with van der Waals surface area (Å²) >= 11 is 7.51. The van der Waals surface area contributed by atoms with Crippen LogP contribution in [0.1, 0.15) is 27.4 Å². The van der Waals surface area contributed by atoms with Gasteiger partial charge in [0.25, 0.3) is 5.91 Å². The Hall–Kier alpha value is -3.77. The molecular weight excluding hydrogens is 520 g/mol.